The molecule has 0 spiro atoms. The summed E-state index contributed by atoms with van der Waals surface area (Å²) in [5, 5.41) is 12.5. The van der Waals surface area contributed by atoms with Crippen molar-refractivity contribution in [2.75, 3.05) is 18.1 Å². The number of aromatic nitrogens is 2. The number of carboxylic acid groups (broad SMARTS) is 1. The Kier molecular flexibility index (Phi) is 4.08. The molecule has 1 aromatic heterocycles. The average Bonchev–Trinajstić information content (AvgIpc) is 2.73. The molecule has 118 valence electrons. The molecule has 0 aromatic carbocycles. The molecule has 2 rings (SSSR count). The fraction of sp³-hybridized carbons (Fsp3) is 0.600. The summed E-state index contributed by atoms with van der Waals surface area (Å²) in [6.07, 6.45) is 0.746. The van der Waals surface area contributed by atoms with Crippen LogP contribution >= 0.6 is 0 Å². The first-order valence-electron chi connectivity index (χ1n) is 6.05. The number of carbonyl (C=O) groups is 1. The highest BCUT2D eigenvalue weighted by molar-refractivity contribution is 7.92. The van der Waals surface area contributed by atoms with Crippen LogP contribution in [0.25, 0.3) is 0 Å². The van der Waals surface area contributed by atoms with Gasteiger partial charge in [0.25, 0.3) is 10.0 Å². The van der Waals surface area contributed by atoms with Gasteiger partial charge in [0, 0.05) is 19.6 Å². The lowest BCUT2D eigenvalue weighted by Crippen LogP contribution is -2.52. The molecule has 0 saturated carbocycles. The summed E-state index contributed by atoms with van der Waals surface area (Å²) in [7, 11) is -5.99. The lowest BCUT2D eigenvalue weighted by atomic mass is 10.2. The first-order chi connectivity index (χ1) is 9.63. The number of sulfonamides is 1. The van der Waals surface area contributed by atoms with Crippen molar-refractivity contribution in [1.82, 2.24) is 14.1 Å². The highest BCUT2D eigenvalue weighted by atomic mass is 32.2. The Morgan fingerprint density at radius 1 is 1.52 bits per heavy atom. The van der Waals surface area contributed by atoms with Crippen molar-refractivity contribution in [3.05, 3.63) is 12.3 Å². The summed E-state index contributed by atoms with van der Waals surface area (Å²) in [6, 6.07) is 0.178. The molecule has 1 saturated heterocycles. The first-order valence-corrected chi connectivity index (χ1v) is 9.32. The summed E-state index contributed by atoms with van der Waals surface area (Å²) in [4.78, 5) is 10.9. The van der Waals surface area contributed by atoms with Crippen molar-refractivity contribution in [3.8, 4) is 0 Å². The van der Waals surface area contributed by atoms with Crippen LogP contribution in [0, 0.1) is 0 Å². The maximum absolute atomic E-state index is 12.5. The second kappa shape index (κ2) is 5.39. The molecule has 1 N–H and O–H groups in total. The molecule has 1 aliphatic rings. The predicted molar refractivity (Wildman–Crippen MR) is 71.8 cm³/mol. The van der Waals surface area contributed by atoms with Gasteiger partial charge in [-0.05, 0) is 6.07 Å². The minimum absolute atomic E-state index is 0.0998. The molecular formula is C10H15N3O6S2. The molecule has 1 aromatic rings. The maximum atomic E-state index is 12.5. The molecule has 1 unspecified atom stereocenters. The first kappa shape index (κ1) is 15.9. The van der Waals surface area contributed by atoms with Gasteiger partial charge in [-0.2, -0.15) is 9.40 Å². The molecule has 11 heteroatoms. The quantitative estimate of drug-likeness (QED) is 0.722. The Hall–Kier alpha value is -1.46. The largest absolute Gasteiger partial charge is 0.481 e. The number of nitrogens with zero attached hydrogens (tertiary/aromatic N) is 3. The van der Waals surface area contributed by atoms with Gasteiger partial charge in [0.2, 0.25) is 0 Å². The predicted octanol–water partition coefficient (Wildman–Crippen LogP) is -1.32. The van der Waals surface area contributed by atoms with E-state index < -0.39 is 44.0 Å². The second-order valence-corrected chi connectivity index (χ2v) is 8.84. The third-order valence-electron chi connectivity index (χ3n) is 3.24. The SMILES string of the molecule is Cn1nccc1S(=O)(=O)N1CCS(=O)(=O)CC1CC(=O)O. The number of hydrogen-bond acceptors (Lipinski definition) is 6. The normalized spacial score (nSPS) is 23.0. The third kappa shape index (κ3) is 3.24. The highest BCUT2D eigenvalue weighted by Gasteiger charge is 2.40. The number of aliphatic carboxylic acids is 1. The van der Waals surface area contributed by atoms with E-state index in [1.165, 1.54) is 19.3 Å². The van der Waals surface area contributed by atoms with Crippen LogP contribution in [0.5, 0.6) is 0 Å². The van der Waals surface area contributed by atoms with Crippen molar-refractivity contribution >= 4 is 25.8 Å². The molecule has 1 fully saturated rings. The summed E-state index contributed by atoms with van der Waals surface area (Å²) >= 11 is 0. The Morgan fingerprint density at radius 3 is 2.71 bits per heavy atom. The van der Waals surface area contributed by atoms with E-state index in [1.54, 1.807) is 0 Å². The van der Waals surface area contributed by atoms with E-state index in [9.17, 15) is 21.6 Å². The topological polar surface area (TPSA) is 127 Å². The lowest BCUT2D eigenvalue weighted by Gasteiger charge is -2.33. The zero-order valence-corrected chi connectivity index (χ0v) is 12.8. The van der Waals surface area contributed by atoms with Crippen LogP contribution in [-0.4, -0.2) is 66.1 Å². The smallest absolute Gasteiger partial charge is 0.305 e. The van der Waals surface area contributed by atoms with Gasteiger partial charge in [-0.3, -0.25) is 9.48 Å². The summed E-state index contributed by atoms with van der Waals surface area (Å²) in [5.74, 6) is -2.06. The number of hydrogen-bond donors (Lipinski definition) is 1. The maximum Gasteiger partial charge on any atom is 0.305 e. The van der Waals surface area contributed by atoms with Crippen molar-refractivity contribution in [2.24, 2.45) is 7.05 Å². The van der Waals surface area contributed by atoms with E-state index in [2.05, 4.69) is 5.10 Å². The van der Waals surface area contributed by atoms with Crippen LogP contribution in [0.3, 0.4) is 0 Å². The van der Waals surface area contributed by atoms with Gasteiger partial charge < -0.3 is 5.11 Å². The molecule has 1 aliphatic heterocycles. The van der Waals surface area contributed by atoms with Crippen LogP contribution < -0.4 is 0 Å². The average molecular weight is 337 g/mol. The van der Waals surface area contributed by atoms with Crippen molar-refractivity contribution in [1.29, 1.82) is 0 Å². The van der Waals surface area contributed by atoms with E-state index in [4.69, 9.17) is 5.11 Å². The van der Waals surface area contributed by atoms with Crippen LogP contribution in [-0.2, 0) is 31.7 Å². The van der Waals surface area contributed by atoms with Gasteiger partial charge in [-0.15, -0.1) is 0 Å². The molecular weight excluding hydrogens is 322 g/mol. The minimum atomic E-state index is -3.99. The van der Waals surface area contributed by atoms with Crippen LogP contribution in [0.1, 0.15) is 6.42 Å². The third-order valence-corrected chi connectivity index (χ3v) is 6.96. The lowest BCUT2D eigenvalue weighted by molar-refractivity contribution is -0.137. The fourth-order valence-corrected chi connectivity index (χ4v) is 5.75. The molecule has 1 atom stereocenters. The Morgan fingerprint density at radius 2 is 2.19 bits per heavy atom. The molecule has 2 heterocycles. The highest BCUT2D eigenvalue weighted by Crippen LogP contribution is 2.23. The van der Waals surface area contributed by atoms with Gasteiger partial charge in [-0.1, -0.05) is 0 Å². The molecule has 21 heavy (non-hydrogen) atoms. The Labute approximate surface area is 122 Å². The van der Waals surface area contributed by atoms with Gasteiger partial charge in [0.05, 0.1) is 24.1 Å². The van der Waals surface area contributed by atoms with Crippen molar-refractivity contribution < 1.29 is 26.7 Å². The summed E-state index contributed by atoms with van der Waals surface area (Å²) in [6.45, 7) is -0.256. The van der Waals surface area contributed by atoms with Gasteiger partial charge in [0.15, 0.2) is 14.9 Å². The zero-order valence-electron chi connectivity index (χ0n) is 11.2. The van der Waals surface area contributed by atoms with Crippen molar-refractivity contribution in [2.45, 2.75) is 17.5 Å². The van der Waals surface area contributed by atoms with Crippen LogP contribution in [0.2, 0.25) is 0 Å². The summed E-state index contributed by atoms with van der Waals surface area (Å²) < 4.78 is 50.5. The summed E-state index contributed by atoms with van der Waals surface area (Å²) in [5.41, 5.74) is 0. The zero-order chi connectivity index (χ0) is 15.8. The molecule has 0 radical (unpaired) electrons. The van der Waals surface area contributed by atoms with Gasteiger partial charge in [0.1, 0.15) is 0 Å². The van der Waals surface area contributed by atoms with E-state index in [0.717, 1.165) is 8.99 Å². The van der Waals surface area contributed by atoms with E-state index >= 15 is 0 Å². The monoisotopic (exact) mass is 337 g/mol. The van der Waals surface area contributed by atoms with Gasteiger partial charge >= 0.3 is 5.97 Å². The number of rotatable bonds is 4. The van der Waals surface area contributed by atoms with Crippen LogP contribution in [0.4, 0.5) is 0 Å². The van der Waals surface area contributed by atoms with Gasteiger partial charge in [-0.25, -0.2) is 16.8 Å². The van der Waals surface area contributed by atoms with E-state index in [1.807, 2.05) is 0 Å². The van der Waals surface area contributed by atoms with Crippen molar-refractivity contribution in [3.63, 3.8) is 0 Å². The van der Waals surface area contributed by atoms with E-state index in [0.29, 0.717) is 0 Å². The number of sulfone groups is 1. The Balaban J connectivity index is 2.40. The van der Waals surface area contributed by atoms with Crippen LogP contribution in [0.15, 0.2) is 17.3 Å². The molecule has 0 aliphatic carbocycles. The Bertz CT molecular complexity index is 752. The number of carboxylic acids is 1. The van der Waals surface area contributed by atoms with E-state index in [-0.39, 0.29) is 17.3 Å². The fourth-order valence-electron chi connectivity index (χ4n) is 2.28. The molecule has 9 nitrogen and oxygen atoms in total. The molecule has 0 amide bonds. The standard InChI is InChI=1S/C10H15N3O6S2/c1-12-9(2-3-11-12)21(18,19)13-4-5-20(16,17)7-8(13)6-10(14)15/h2-3,8H,4-7H2,1H3,(H,14,15). The number of aryl methyl sites for hydroxylation is 1. The minimum Gasteiger partial charge on any atom is -0.481 e. The second-order valence-electron chi connectivity index (χ2n) is 4.77. The molecule has 0 bridgehead atoms.